The number of hydrogen-bond acceptors (Lipinski definition) is 5. The lowest BCUT2D eigenvalue weighted by Crippen LogP contribution is -2.23. The van der Waals surface area contributed by atoms with Crippen LogP contribution >= 0.6 is 0 Å². The van der Waals surface area contributed by atoms with Gasteiger partial charge in [0.05, 0.1) is 11.9 Å². The molecule has 1 unspecified atom stereocenters. The van der Waals surface area contributed by atoms with Crippen LogP contribution in [-0.4, -0.2) is 33.1 Å². The van der Waals surface area contributed by atoms with E-state index >= 15 is 0 Å². The summed E-state index contributed by atoms with van der Waals surface area (Å²) in [7, 11) is 0. The smallest absolute Gasteiger partial charge is 0.379 e. The second-order valence-corrected chi connectivity index (χ2v) is 6.05. The minimum Gasteiger partial charge on any atom is -0.379 e. The van der Waals surface area contributed by atoms with E-state index in [2.05, 4.69) is 20.6 Å². The van der Waals surface area contributed by atoms with Crippen LogP contribution in [0.15, 0.2) is 36.8 Å². The molecule has 142 valence electrons. The highest BCUT2D eigenvalue weighted by Gasteiger charge is 2.40. The average Bonchev–Trinajstić information content (AvgIpc) is 3.46. The number of aromatic nitrogens is 2. The van der Waals surface area contributed by atoms with E-state index in [1.54, 1.807) is 0 Å². The monoisotopic (exact) mass is 380 g/mol. The molecule has 1 aliphatic rings. The maximum atomic E-state index is 12.8. The Morgan fingerprint density at radius 3 is 2.59 bits per heavy atom. The fourth-order valence-corrected chi connectivity index (χ4v) is 2.33. The van der Waals surface area contributed by atoms with Crippen molar-refractivity contribution < 1.29 is 27.9 Å². The molecule has 0 bridgehead atoms. The molecule has 3 N–H and O–H groups in total. The summed E-state index contributed by atoms with van der Waals surface area (Å²) < 4.78 is 38.4. The largest absolute Gasteiger partial charge is 0.418 e. The fourth-order valence-electron chi connectivity index (χ4n) is 2.33. The molecule has 27 heavy (non-hydrogen) atoms. The predicted molar refractivity (Wildman–Crippen MR) is 88.8 cm³/mol. The molecule has 1 atom stereocenters. The SMILES string of the molecule is O=C(Nc1cnccc1C(O)C(F)(F)F)c1ccnc(NC(=O)C2CC2)c1. The third-order valence-corrected chi connectivity index (χ3v) is 3.93. The number of pyridine rings is 2. The number of rotatable bonds is 5. The molecule has 2 aromatic heterocycles. The number of nitrogens with one attached hydrogen (secondary N) is 2. The van der Waals surface area contributed by atoms with Crippen molar-refractivity contribution in [2.24, 2.45) is 5.92 Å². The lowest BCUT2D eigenvalue weighted by molar-refractivity contribution is -0.206. The zero-order chi connectivity index (χ0) is 19.6. The van der Waals surface area contributed by atoms with Gasteiger partial charge in [-0.2, -0.15) is 13.2 Å². The molecule has 1 fully saturated rings. The van der Waals surface area contributed by atoms with E-state index in [0.29, 0.717) is 0 Å². The lowest BCUT2D eigenvalue weighted by Gasteiger charge is -2.18. The summed E-state index contributed by atoms with van der Waals surface area (Å²) in [6.45, 7) is 0. The number of amides is 2. The average molecular weight is 380 g/mol. The van der Waals surface area contributed by atoms with Crippen molar-refractivity contribution in [2.75, 3.05) is 10.6 Å². The minimum absolute atomic E-state index is 0.0499. The number of alkyl halides is 3. The molecule has 0 aromatic carbocycles. The molecule has 2 heterocycles. The summed E-state index contributed by atoms with van der Waals surface area (Å²) in [6, 6.07) is 3.63. The highest BCUT2D eigenvalue weighted by molar-refractivity contribution is 6.05. The molecule has 7 nitrogen and oxygen atoms in total. The van der Waals surface area contributed by atoms with Gasteiger partial charge in [-0.15, -0.1) is 0 Å². The van der Waals surface area contributed by atoms with Crippen molar-refractivity contribution in [1.29, 1.82) is 0 Å². The fraction of sp³-hybridized carbons (Fsp3) is 0.294. The van der Waals surface area contributed by atoms with Crippen molar-refractivity contribution >= 4 is 23.3 Å². The van der Waals surface area contributed by atoms with Crippen LogP contribution in [0.2, 0.25) is 0 Å². The number of anilines is 2. The van der Waals surface area contributed by atoms with Crippen molar-refractivity contribution in [3.63, 3.8) is 0 Å². The van der Waals surface area contributed by atoms with Crippen molar-refractivity contribution in [1.82, 2.24) is 9.97 Å². The van der Waals surface area contributed by atoms with E-state index in [4.69, 9.17) is 0 Å². The Morgan fingerprint density at radius 2 is 1.93 bits per heavy atom. The molecule has 3 rings (SSSR count). The highest BCUT2D eigenvalue weighted by atomic mass is 19.4. The quantitative estimate of drug-likeness (QED) is 0.740. The first-order valence-electron chi connectivity index (χ1n) is 8.02. The molecule has 0 aliphatic heterocycles. The molecule has 0 spiro atoms. The predicted octanol–water partition coefficient (Wildman–Crippen LogP) is 2.67. The first-order valence-corrected chi connectivity index (χ1v) is 8.02. The number of carbonyl (C=O) groups excluding carboxylic acids is 2. The third kappa shape index (κ3) is 4.59. The van der Waals surface area contributed by atoms with Gasteiger partial charge in [0.25, 0.3) is 5.91 Å². The van der Waals surface area contributed by atoms with E-state index in [1.165, 1.54) is 18.3 Å². The number of aliphatic hydroxyl groups is 1. The molecule has 1 aliphatic carbocycles. The Hall–Kier alpha value is -3.01. The van der Waals surface area contributed by atoms with Crippen LogP contribution in [0.3, 0.4) is 0 Å². The standard InChI is InChI=1S/C17H15F3N4O3/c18-17(19,20)14(25)11-4-5-21-8-12(11)23-16(27)10-3-6-22-13(7-10)24-15(26)9-1-2-9/h3-9,14,25H,1-2H2,(H,23,27)(H,22,24,26). The summed E-state index contributed by atoms with van der Waals surface area (Å²) in [5.41, 5.74) is -0.720. The lowest BCUT2D eigenvalue weighted by atomic mass is 10.1. The summed E-state index contributed by atoms with van der Waals surface area (Å²) in [6.07, 6.45) is -2.66. The number of nitrogens with zero attached hydrogens (tertiary/aromatic N) is 2. The zero-order valence-electron chi connectivity index (χ0n) is 13.8. The Labute approximate surface area is 151 Å². The molecule has 10 heteroatoms. The van der Waals surface area contributed by atoms with Crippen LogP contribution in [0.1, 0.15) is 34.9 Å². The van der Waals surface area contributed by atoms with Gasteiger partial charge in [0, 0.05) is 29.4 Å². The van der Waals surface area contributed by atoms with Gasteiger partial charge < -0.3 is 15.7 Å². The van der Waals surface area contributed by atoms with Crippen LogP contribution in [-0.2, 0) is 4.79 Å². The Bertz CT molecular complexity index is 868. The van der Waals surface area contributed by atoms with Gasteiger partial charge in [-0.1, -0.05) is 0 Å². The molecule has 2 aromatic rings. The molecule has 0 saturated heterocycles. The van der Waals surface area contributed by atoms with E-state index in [-0.39, 0.29) is 28.9 Å². The zero-order valence-corrected chi connectivity index (χ0v) is 13.8. The normalized spacial score (nSPS) is 15.1. The Kier molecular flexibility index (Phi) is 5.08. The maximum Gasteiger partial charge on any atom is 0.418 e. The summed E-state index contributed by atoms with van der Waals surface area (Å²) >= 11 is 0. The summed E-state index contributed by atoms with van der Waals surface area (Å²) in [5, 5.41) is 14.3. The van der Waals surface area contributed by atoms with Crippen molar-refractivity contribution in [3.05, 3.63) is 47.9 Å². The van der Waals surface area contributed by atoms with Gasteiger partial charge in [-0.05, 0) is 31.0 Å². The van der Waals surface area contributed by atoms with E-state index in [1.807, 2.05) is 0 Å². The second-order valence-electron chi connectivity index (χ2n) is 6.05. The Balaban J connectivity index is 1.77. The number of aliphatic hydroxyl groups excluding tert-OH is 1. The van der Waals surface area contributed by atoms with Crippen LogP contribution < -0.4 is 10.6 Å². The van der Waals surface area contributed by atoms with Crippen molar-refractivity contribution in [3.8, 4) is 0 Å². The van der Waals surface area contributed by atoms with Crippen LogP contribution in [0.5, 0.6) is 0 Å². The second kappa shape index (κ2) is 7.31. The number of hydrogen-bond donors (Lipinski definition) is 3. The van der Waals surface area contributed by atoms with Gasteiger partial charge in [0.2, 0.25) is 5.91 Å². The van der Waals surface area contributed by atoms with Gasteiger partial charge in [0.15, 0.2) is 6.10 Å². The van der Waals surface area contributed by atoms with Crippen LogP contribution in [0, 0.1) is 5.92 Å². The first-order chi connectivity index (χ1) is 12.8. The molecule has 2 amide bonds. The molecular formula is C17H15F3N4O3. The van der Waals surface area contributed by atoms with Gasteiger partial charge in [-0.25, -0.2) is 4.98 Å². The van der Waals surface area contributed by atoms with E-state index in [9.17, 15) is 27.9 Å². The maximum absolute atomic E-state index is 12.8. The van der Waals surface area contributed by atoms with Crippen molar-refractivity contribution in [2.45, 2.75) is 25.1 Å². The van der Waals surface area contributed by atoms with Gasteiger partial charge in [-0.3, -0.25) is 14.6 Å². The van der Waals surface area contributed by atoms with Crippen LogP contribution in [0.25, 0.3) is 0 Å². The number of halogens is 3. The van der Waals surface area contributed by atoms with Gasteiger partial charge in [0.1, 0.15) is 5.82 Å². The van der Waals surface area contributed by atoms with Crippen LogP contribution in [0.4, 0.5) is 24.7 Å². The molecular weight excluding hydrogens is 365 g/mol. The minimum atomic E-state index is -4.89. The summed E-state index contributed by atoms with van der Waals surface area (Å²) in [5.74, 6) is -0.807. The Morgan fingerprint density at radius 1 is 1.19 bits per heavy atom. The van der Waals surface area contributed by atoms with Gasteiger partial charge >= 0.3 is 6.18 Å². The molecule has 0 radical (unpaired) electrons. The summed E-state index contributed by atoms with van der Waals surface area (Å²) in [4.78, 5) is 31.8. The highest BCUT2D eigenvalue weighted by Crippen LogP contribution is 2.35. The first kappa shape index (κ1) is 18.8. The number of carbonyl (C=O) groups is 2. The van der Waals surface area contributed by atoms with E-state index < -0.39 is 23.8 Å². The third-order valence-electron chi connectivity index (χ3n) is 3.93. The topological polar surface area (TPSA) is 104 Å². The molecule has 1 saturated carbocycles. The van der Waals surface area contributed by atoms with E-state index in [0.717, 1.165) is 31.3 Å².